The monoisotopic (exact) mass is 508 g/mol. The first kappa shape index (κ1) is 25.3. The minimum absolute atomic E-state index is 0.0194. The summed E-state index contributed by atoms with van der Waals surface area (Å²) in [6.45, 7) is 4.49. The number of phenolic OH excluding ortho intramolecular Hbond substituents is 1. The van der Waals surface area contributed by atoms with Gasteiger partial charge in [0.2, 0.25) is 0 Å². The van der Waals surface area contributed by atoms with Gasteiger partial charge in [-0.3, -0.25) is 4.79 Å². The minimum Gasteiger partial charge on any atom is -0.507 e. The lowest BCUT2D eigenvalue weighted by Crippen LogP contribution is -2.31. The summed E-state index contributed by atoms with van der Waals surface area (Å²) in [5, 5.41) is 21.2. The molecule has 0 spiro atoms. The highest BCUT2D eigenvalue weighted by Gasteiger charge is 2.27. The van der Waals surface area contributed by atoms with Crippen molar-refractivity contribution in [1.29, 1.82) is 0 Å². The number of nitrogens with zero attached hydrogens (tertiary/aromatic N) is 2. The highest BCUT2D eigenvalue weighted by Crippen LogP contribution is 2.39. The normalized spacial score (nSPS) is 13.1. The number of nitrogens with one attached hydrogen (secondary N) is 2. The Balaban J connectivity index is 1.34. The Morgan fingerprint density at radius 3 is 2.32 bits per heavy atom. The van der Waals surface area contributed by atoms with Gasteiger partial charge in [-0.25, -0.2) is 4.79 Å². The maximum absolute atomic E-state index is 13.1. The highest BCUT2D eigenvalue weighted by atomic mass is 16.3. The average molecular weight is 509 g/mol. The molecule has 3 aromatic carbocycles. The third-order valence-corrected chi connectivity index (χ3v) is 7.17. The van der Waals surface area contributed by atoms with Crippen molar-refractivity contribution in [1.82, 2.24) is 15.1 Å². The van der Waals surface area contributed by atoms with Crippen LogP contribution in [-0.4, -0.2) is 26.8 Å². The van der Waals surface area contributed by atoms with E-state index in [1.807, 2.05) is 49.4 Å². The molecule has 0 atom stereocenters. The van der Waals surface area contributed by atoms with Crippen molar-refractivity contribution in [3.05, 3.63) is 101 Å². The number of aromatic hydroxyl groups is 1. The zero-order chi connectivity index (χ0) is 26.6. The summed E-state index contributed by atoms with van der Waals surface area (Å²) in [6, 6.07) is 22.0. The molecule has 3 N–H and O–H groups in total. The van der Waals surface area contributed by atoms with E-state index in [1.54, 1.807) is 24.3 Å². The van der Waals surface area contributed by atoms with Gasteiger partial charge in [0.25, 0.3) is 5.91 Å². The SMILES string of the molecule is CCc1ccc(C(=O)Nc2ccc(-c3cc(C4CCC4)n(C(=O)NCc4ccc(C)cc4)n3)c(O)c2)cc1. The number of aryl methyl sites for hydroxylation is 2. The molecule has 0 unspecified atom stereocenters. The number of benzene rings is 3. The molecule has 0 aliphatic heterocycles. The fourth-order valence-electron chi connectivity index (χ4n) is 4.56. The average Bonchev–Trinajstić information content (AvgIpc) is 3.31. The van der Waals surface area contributed by atoms with Crippen LogP contribution in [0.25, 0.3) is 11.3 Å². The lowest BCUT2D eigenvalue weighted by Gasteiger charge is -2.25. The first-order chi connectivity index (χ1) is 18.4. The topological polar surface area (TPSA) is 96.3 Å². The number of carbonyl (C=O) groups excluding carboxylic acids is 2. The lowest BCUT2D eigenvalue weighted by molar-refractivity contribution is 0.102. The van der Waals surface area contributed by atoms with E-state index in [9.17, 15) is 14.7 Å². The van der Waals surface area contributed by atoms with Crippen LogP contribution in [0, 0.1) is 6.92 Å². The zero-order valence-electron chi connectivity index (χ0n) is 21.7. The Labute approximate surface area is 222 Å². The van der Waals surface area contributed by atoms with Gasteiger partial charge in [-0.15, -0.1) is 0 Å². The van der Waals surface area contributed by atoms with Crippen molar-refractivity contribution in [3.63, 3.8) is 0 Å². The molecule has 38 heavy (non-hydrogen) atoms. The van der Waals surface area contributed by atoms with Crippen LogP contribution in [0.1, 0.15) is 64.8 Å². The first-order valence-electron chi connectivity index (χ1n) is 13.1. The smallest absolute Gasteiger partial charge is 0.342 e. The van der Waals surface area contributed by atoms with E-state index in [0.717, 1.165) is 42.5 Å². The molecule has 1 aliphatic carbocycles. The molecule has 7 heteroatoms. The third-order valence-electron chi connectivity index (χ3n) is 7.17. The maximum atomic E-state index is 13.1. The van der Waals surface area contributed by atoms with Crippen LogP contribution in [0.2, 0.25) is 0 Å². The summed E-state index contributed by atoms with van der Waals surface area (Å²) in [5.74, 6) is -0.00298. The number of rotatable bonds is 7. The van der Waals surface area contributed by atoms with Crippen LogP contribution in [0.15, 0.2) is 72.8 Å². The summed E-state index contributed by atoms with van der Waals surface area (Å²) < 4.78 is 1.43. The molecule has 0 radical (unpaired) electrons. The van der Waals surface area contributed by atoms with Gasteiger partial charge in [0.05, 0.1) is 11.4 Å². The first-order valence-corrected chi connectivity index (χ1v) is 13.1. The van der Waals surface area contributed by atoms with Crippen molar-refractivity contribution in [2.24, 2.45) is 0 Å². The number of aromatic nitrogens is 2. The van der Waals surface area contributed by atoms with Crippen LogP contribution >= 0.6 is 0 Å². The molecule has 1 saturated carbocycles. The third kappa shape index (κ3) is 5.47. The van der Waals surface area contributed by atoms with E-state index < -0.39 is 0 Å². The van der Waals surface area contributed by atoms with Crippen molar-refractivity contribution >= 4 is 17.6 Å². The van der Waals surface area contributed by atoms with E-state index >= 15 is 0 Å². The van der Waals surface area contributed by atoms with Gasteiger partial charge in [0.1, 0.15) is 5.75 Å². The summed E-state index contributed by atoms with van der Waals surface area (Å²) >= 11 is 0. The highest BCUT2D eigenvalue weighted by molar-refractivity contribution is 6.04. The van der Waals surface area contributed by atoms with Crippen LogP contribution in [0.5, 0.6) is 5.75 Å². The molecule has 1 aliphatic rings. The summed E-state index contributed by atoms with van der Waals surface area (Å²) in [4.78, 5) is 25.8. The van der Waals surface area contributed by atoms with E-state index in [2.05, 4.69) is 22.7 Å². The molecule has 5 rings (SSSR count). The predicted molar refractivity (Wildman–Crippen MR) is 149 cm³/mol. The van der Waals surface area contributed by atoms with Crippen molar-refractivity contribution < 1.29 is 14.7 Å². The Kier molecular flexibility index (Phi) is 7.26. The van der Waals surface area contributed by atoms with Gasteiger partial charge >= 0.3 is 6.03 Å². The van der Waals surface area contributed by atoms with Crippen LogP contribution in [0.3, 0.4) is 0 Å². The van der Waals surface area contributed by atoms with Crippen molar-refractivity contribution in [2.45, 2.75) is 52.0 Å². The molecular formula is C31H32N4O3. The number of amides is 2. The van der Waals surface area contributed by atoms with E-state index in [-0.39, 0.29) is 23.6 Å². The Hall–Kier alpha value is -4.39. The number of hydrogen-bond donors (Lipinski definition) is 3. The van der Waals surface area contributed by atoms with Crippen LogP contribution in [-0.2, 0) is 13.0 Å². The van der Waals surface area contributed by atoms with Gasteiger partial charge in [-0.05, 0) is 67.6 Å². The van der Waals surface area contributed by atoms with Crippen molar-refractivity contribution in [3.8, 4) is 17.0 Å². The Morgan fingerprint density at radius 1 is 0.974 bits per heavy atom. The fourth-order valence-corrected chi connectivity index (χ4v) is 4.56. The Bertz CT molecular complexity index is 1450. The lowest BCUT2D eigenvalue weighted by atomic mass is 9.82. The summed E-state index contributed by atoms with van der Waals surface area (Å²) in [5.41, 5.74) is 6.23. The van der Waals surface area contributed by atoms with Crippen LogP contribution < -0.4 is 10.6 Å². The second kappa shape index (κ2) is 10.9. The molecule has 4 aromatic rings. The number of phenols is 1. The van der Waals surface area contributed by atoms with Gasteiger partial charge < -0.3 is 15.7 Å². The molecule has 1 heterocycles. The molecule has 7 nitrogen and oxygen atoms in total. The number of anilines is 1. The standard InChI is InChI=1S/C31H32N4O3/c1-3-21-11-13-24(14-12-21)30(37)33-25-15-16-26(29(36)17-25)27-18-28(23-5-4-6-23)35(34-27)31(38)32-19-22-9-7-20(2)8-10-22/h7-18,23,36H,3-6,19H2,1-2H3,(H,32,38)(H,33,37). The van der Waals surface area contributed by atoms with E-state index in [1.165, 1.54) is 16.3 Å². The fraction of sp³-hybridized carbons (Fsp3) is 0.258. The Morgan fingerprint density at radius 2 is 1.68 bits per heavy atom. The molecular weight excluding hydrogens is 476 g/mol. The largest absolute Gasteiger partial charge is 0.507 e. The second-order valence-electron chi connectivity index (χ2n) is 9.87. The molecule has 2 amide bonds. The molecule has 1 aromatic heterocycles. The number of carbonyl (C=O) groups is 2. The van der Waals surface area contributed by atoms with Crippen molar-refractivity contribution in [2.75, 3.05) is 5.32 Å². The molecule has 194 valence electrons. The van der Waals surface area contributed by atoms with E-state index in [4.69, 9.17) is 0 Å². The summed E-state index contributed by atoms with van der Waals surface area (Å²) in [7, 11) is 0. The molecule has 1 fully saturated rings. The van der Waals surface area contributed by atoms with Gasteiger partial charge in [-0.1, -0.05) is 55.3 Å². The van der Waals surface area contributed by atoms with Gasteiger partial charge in [-0.2, -0.15) is 9.78 Å². The second-order valence-corrected chi connectivity index (χ2v) is 9.87. The van der Waals surface area contributed by atoms with Gasteiger partial charge in [0.15, 0.2) is 0 Å². The molecule has 0 bridgehead atoms. The minimum atomic E-state index is -0.295. The summed E-state index contributed by atoms with van der Waals surface area (Å²) in [6.07, 6.45) is 4.04. The maximum Gasteiger partial charge on any atom is 0.342 e. The zero-order valence-corrected chi connectivity index (χ0v) is 21.7. The quantitative estimate of drug-likeness (QED) is 0.269. The predicted octanol–water partition coefficient (Wildman–Crippen LogP) is 6.40. The van der Waals surface area contributed by atoms with Gasteiger partial charge in [0, 0.05) is 35.3 Å². The number of hydrogen-bond acceptors (Lipinski definition) is 4. The molecule has 0 saturated heterocycles. The van der Waals surface area contributed by atoms with E-state index in [0.29, 0.717) is 29.1 Å². The van der Waals surface area contributed by atoms with Crippen LogP contribution in [0.4, 0.5) is 10.5 Å².